The molecule has 6 N–H and O–H groups in total. The van der Waals surface area contributed by atoms with E-state index in [-0.39, 0.29) is 12.3 Å². The van der Waals surface area contributed by atoms with Crippen molar-refractivity contribution in [3.63, 3.8) is 0 Å². The molecular weight excluding hydrogens is 294 g/mol. The maximum absolute atomic E-state index is 11.9. The van der Waals surface area contributed by atoms with Crippen molar-refractivity contribution in [2.24, 2.45) is 11.7 Å². The number of rotatable bonds is 9. The lowest BCUT2D eigenvalue weighted by molar-refractivity contribution is -0.143. The van der Waals surface area contributed by atoms with Crippen LogP contribution in [0.4, 0.5) is 0 Å². The van der Waals surface area contributed by atoms with Crippen LogP contribution in [-0.4, -0.2) is 52.1 Å². The summed E-state index contributed by atoms with van der Waals surface area (Å²) in [5, 5.41) is 22.1. The second-order valence-corrected chi connectivity index (χ2v) is 5.46. The molecule has 0 heterocycles. The number of aliphatic carboxylic acids is 2. The van der Waals surface area contributed by atoms with Crippen molar-refractivity contribution in [3.8, 4) is 0 Å². The van der Waals surface area contributed by atoms with E-state index in [0.717, 1.165) is 0 Å². The second kappa shape index (κ2) is 8.98. The van der Waals surface area contributed by atoms with E-state index in [1.807, 2.05) is 13.8 Å². The summed E-state index contributed by atoms with van der Waals surface area (Å²) in [7, 11) is 0. The van der Waals surface area contributed by atoms with Crippen LogP contribution in [0.5, 0.6) is 0 Å². The Morgan fingerprint density at radius 1 is 1.00 bits per heavy atom. The standard InChI is InChI=1S/C13H23N3O6/c1-6(2)4-9(13(21)22)16-11(19)7(3)15-12(20)8(14)5-10(17)18/h6-9H,4-5,14H2,1-3H3,(H,15,20)(H,16,19)(H,17,18)(H,21,22). The van der Waals surface area contributed by atoms with Gasteiger partial charge in [-0.05, 0) is 19.3 Å². The monoisotopic (exact) mass is 317 g/mol. The molecule has 3 atom stereocenters. The summed E-state index contributed by atoms with van der Waals surface area (Å²) in [4.78, 5) is 45.0. The lowest BCUT2D eigenvalue weighted by atomic mass is 10.0. The number of amides is 2. The third kappa shape index (κ3) is 7.58. The zero-order valence-corrected chi connectivity index (χ0v) is 12.8. The maximum atomic E-state index is 11.9. The number of nitrogens with one attached hydrogen (secondary N) is 2. The highest BCUT2D eigenvalue weighted by Gasteiger charge is 2.26. The Morgan fingerprint density at radius 2 is 1.55 bits per heavy atom. The van der Waals surface area contributed by atoms with E-state index in [0.29, 0.717) is 0 Å². The Morgan fingerprint density at radius 3 is 1.95 bits per heavy atom. The lowest BCUT2D eigenvalue weighted by Crippen LogP contribution is -2.53. The van der Waals surface area contributed by atoms with Gasteiger partial charge in [-0.25, -0.2) is 4.79 Å². The minimum atomic E-state index is -1.28. The van der Waals surface area contributed by atoms with Crippen LogP contribution in [0.2, 0.25) is 0 Å². The Bertz CT molecular complexity index is 437. The fourth-order valence-electron chi connectivity index (χ4n) is 1.66. The van der Waals surface area contributed by atoms with Crippen LogP contribution in [0.25, 0.3) is 0 Å². The zero-order chi connectivity index (χ0) is 17.4. The SMILES string of the molecule is CC(C)CC(NC(=O)C(C)NC(=O)C(N)CC(=O)O)C(=O)O. The smallest absolute Gasteiger partial charge is 0.326 e. The fourth-order valence-corrected chi connectivity index (χ4v) is 1.66. The van der Waals surface area contributed by atoms with Crippen LogP contribution in [0.3, 0.4) is 0 Å². The molecular formula is C13H23N3O6. The fraction of sp³-hybridized carbons (Fsp3) is 0.692. The molecule has 3 unspecified atom stereocenters. The summed E-state index contributed by atoms with van der Waals surface area (Å²) in [5.41, 5.74) is 5.36. The molecule has 0 saturated heterocycles. The number of carboxylic acids is 2. The first-order valence-corrected chi connectivity index (χ1v) is 6.85. The number of hydrogen-bond donors (Lipinski definition) is 5. The molecule has 0 rings (SSSR count). The average molecular weight is 317 g/mol. The van der Waals surface area contributed by atoms with Crippen molar-refractivity contribution in [2.75, 3.05) is 0 Å². The quantitative estimate of drug-likeness (QED) is 0.361. The van der Waals surface area contributed by atoms with Crippen molar-refractivity contribution in [1.29, 1.82) is 0 Å². The lowest BCUT2D eigenvalue weighted by Gasteiger charge is -2.20. The van der Waals surface area contributed by atoms with E-state index in [1.54, 1.807) is 0 Å². The first kappa shape index (κ1) is 19.8. The first-order chi connectivity index (χ1) is 10.0. The van der Waals surface area contributed by atoms with Gasteiger partial charge >= 0.3 is 11.9 Å². The normalized spacial score (nSPS) is 14.8. The molecule has 0 aromatic carbocycles. The van der Waals surface area contributed by atoms with Crippen LogP contribution >= 0.6 is 0 Å². The molecule has 0 aliphatic heterocycles. The molecule has 0 bridgehead atoms. The van der Waals surface area contributed by atoms with Gasteiger partial charge in [-0.15, -0.1) is 0 Å². The average Bonchev–Trinajstić information content (AvgIpc) is 2.35. The molecule has 0 aliphatic carbocycles. The number of hydrogen-bond acceptors (Lipinski definition) is 5. The Labute approximate surface area is 128 Å². The van der Waals surface area contributed by atoms with Gasteiger partial charge in [-0.1, -0.05) is 13.8 Å². The van der Waals surface area contributed by atoms with Crippen LogP contribution in [-0.2, 0) is 19.2 Å². The van der Waals surface area contributed by atoms with Gasteiger partial charge in [0.1, 0.15) is 12.1 Å². The number of carbonyl (C=O) groups excluding carboxylic acids is 2. The Hall–Kier alpha value is -2.16. The largest absolute Gasteiger partial charge is 0.481 e. The summed E-state index contributed by atoms with van der Waals surface area (Å²) in [6.45, 7) is 4.99. The number of carboxylic acid groups (broad SMARTS) is 2. The molecule has 0 aromatic rings. The first-order valence-electron chi connectivity index (χ1n) is 6.85. The molecule has 0 aromatic heterocycles. The topological polar surface area (TPSA) is 159 Å². The van der Waals surface area contributed by atoms with Gasteiger partial charge in [0.25, 0.3) is 0 Å². The Balaban J connectivity index is 4.55. The summed E-state index contributed by atoms with van der Waals surface area (Å²) in [6, 6.07) is -3.36. The molecule has 2 amide bonds. The summed E-state index contributed by atoms with van der Waals surface area (Å²) < 4.78 is 0. The number of nitrogens with two attached hydrogens (primary N) is 1. The van der Waals surface area contributed by atoms with Crippen molar-refractivity contribution in [3.05, 3.63) is 0 Å². The molecule has 9 nitrogen and oxygen atoms in total. The van der Waals surface area contributed by atoms with Crippen LogP contribution < -0.4 is 16.4 Å². The van der Waals surface area contributed by atoms with Gasteiger partial charge in [0, 0.05) is 0 Å². The number of carbonyl (C=O) groups is 4. The molecule has 0 fully saturated rings. The van der Waals surface area contributed by atoms with E-state index < -0.39 is 48.3 Å². The van der Waals surface area contributed by atoms with Gasteiger partial charge in [-0.2, -0.15) is 0 Å². The third-order valence-corrected chi connectivity index (χ3v) is 2.81. The molecule has 126 valence electrons. The van der Waals surface area contributed by atoms with E-state index in [2.05, 4.69) is 10.6 Å². The second-order valence-electron chi connectivity index (χ2n) is 5.46. The van der Waals surface area contributed by atoms with Crippen LogP contribution in [0, 0.1) is 5.92 Å². The maximum Gasteiger partial charge on any atom is 0.326 e. The van der Waals surface area contributed by atoms with Crippen LogP contribution in [0.1, 0.15) is 33.6 Å². The minimum absolute atomic E-state index is 0.0651. The molecule has 22 heavy (non-hydrogen) atoms. The zero-order valence-electron chi connectivity index (χ0n) is 12.8. The highest BCUT2D eigenvalue weighted by Crippen LogP contribution is 2.05. The summed E-state index contributed by atoms with van der Waals surface area (Å²) in [5.74, 6) is -3.80. The third-order valence-electron chi connectivity index (χ3n) is 2.81. The van der Waals surface area contributed by atoms with Crippen molar-refractivity contribution in [1.82, 2.24) is 10.6 Å². The van der Waals surface area contributed by atoms with Gasteiger partial charge in [0.2, 0.25) is 11.8 Å². The van der Waals surface area contributed by atoms with Gasteiger partial charge in [0.15, 0.2) is 0 Å². The van der Waals surface area contributed by atoms with E-state index in [9.17, 15) is 19.2 Å². The predicted octanol–water partition coefficient (Wildman–Crippen LogP) is -1.09. The van der Waals surface area contributed by atoms with Crippen molar-refractivity contribution < 1.29 is 29.4 Å². The van der Waals surface area contributed by atoms with Gasteiger partial charge in [-0.3, -0.25) is 14.4 Å². The highest BCUT2D eigenvalue weighted by atomic mass is 16.4. The molecule has 0 radical (unpaired) electrons. The minimum Gasteiger partial charge on any atom is -0.481 e. The Kier molecular flexibility index (Phi) is 8.10. The summed E-state index contributed by atoms with van der Waals surface area (Å²) >= 11 is 0. The molecule has 0 spiro atoms. The highest BCUT2D eigenvalue weighted by molar-refractivity contribution is 5.92. The van der Waals surface area contributed by atoms with E-state index in [4.69, 9.17) is 15.9 Å². The van der Waals surface area contributed by atoms with E-state index >= 15 is 0 Å². The van der Waals surface area contributed by atoms with Gasteiger partial charge in [0.05, 0.1) is 12.5 Å². The van der Waals surface area contributed by atoms with Crippen molar-refractivity contribution in [2.45, 2.75) is 51.7 Å². The molecule has 9 heteroatoms. The van der Waals surface area contributed by atoms with Crippen molar-refractivity contribution >= 4 is 23.8 Å². The molecule has 0 aliphatic rings. The summed E-state index contributed by atoms with van der Waals surface area (Å²) in [6.07, 6.45) is -0.314. The van der Waals surface area contributed by atoms with Gasteiger partial charge < -0.3 is 26.6 Å². The molecule has 0 saturated carbocycles. The predicted molar refractivity (Wildman–Crippen MR) is 76.9 cm³/mol. The van der Waals surface area contributed by atoms with Crippen LogP contribution in [0.15, 0.2) is 0 Å². The van der Waals surface area contributed by atoms with E-state index in [1.165, 1.54) is 6.92 Å².